The van der Waals surface area contributed by atoms with Crippen LogP contribution in [0, 0.1) is 6.92 Å². The number of carbonyl (C=O) groups is 2. The van der Waals surface area contributed by atoms with Gasteiger partial charge in [0.25, 0.3) is 5.91 Å². The van der Waals surface area contributed by atoms with Gasteiger partial charge in [0, 0.05) is 11.3 Å². The highest BCUT2D eigenvalue weighted by Gasteiger charge is 2.11. The lowest BCUT2D eigenvalue weighted by atomic mass is 10.1. The average Bonchev–Trinajstić information content (AvgIpc) is 2.56. The fraction of sp³-hybridized carbons (Fsp3) is 0.222. The van der Waals surface area contributed by atoms with Crippen molar-refractivity contribution in [1.29, 1.82) is 0 Å². The van der Waals surface area contributed by atoms with Crippen molar-refractivity contribution >= 4 is 17.6 Å². The Balaban J connectivity index is 2.16. The van der Waals surface area contributed by atoms with E-state index in [1.54, 1.807) is 56.5 Å². The molecule has 0 aliphatic heterocycles. The van der Waals surface area contributed by atoms with Crippen molar-refractivity contribution in [3.8, 4) is 5.75 Å². The maximum atomic E-state index is 12.3. The number of carbonyl (C=O) groups excluding carboxylic acids is 2. The molecule has 0 saturated carbocycles. The Morgan fingerprint density at radius 3 is 2.52 bits per heavy atom. The summed E-state index contributed by atoms with van der Waals surface area (Å²) in [6, 6.07) is 11.9. The number of hydrogen-bond donors (Lipinski definition) is 1. The van der Waals surface area contributed by atoms with Crippen molar-refractivity contribution in [3.63, 3.8) is 0 Å². The van der Waals surface area contributed by atoms with Crippen molar-refractivity contribution in [2.24, 2.45) is 0 Å². The van der Waals surface area contributed by atoms with Crippen LogP contribution in [0.15, 0.2) is 42.5 Å². The van der Waals surface area contributed by atoms with Crippen molar-refractivity contribution in [3.05, 3.63) is 59.2 Å². The molecule has 0 saturated heterocycles. The lowest BCUT2D eigenvalue weighted by Crippen LogP contribution is -2.13. The second-order valence-corrected chi connectivity index (χ2v) is 4.94. The molecular weight excluding hydrogens is 294 g/mol. The maximum absolute atomic E-state index is 12.3. The smallest absolute Gasteiger partial charge is 0.338 e. The molecule has 23 heavy (non-hydrogen) atoms. The van der Waals surface area contributed by atoms with Crippen molar-refractivity contribution in [2.75, 3.05) is 19.0 Å². The first-order chi connectivity index (χ1) is 11.0. The van der Waals surface area contributed by atoms with E-state index >= 15 is 0 Å². The van der Waals surface area contributed by atoms with E-state index in [1.165, 1.54) is 0 Å². The van der Waals surface area contributed by atoms with Gasteiger partial charge in [-0.2, -0.15) is 0 Å². The normalized spacial score (nSPS) is 10.0. The standard InChI is InChI=1S/C18H19NO4/c1-4-23-18(21)14-8-9-16(12(2)10-14)19-17(20)13-6-5-7-15(11-13)22-3/h5-11H,4H2,1-3H3,(H,19,20). The van der Waals surface area contributed by atoms with Crippen LogP contribution in [0.5, 0.6) is 5.75 Å². The third-order valence-corrected chi connectivity index (χ3v) is 3.32. The van der Waals surface area contributed by atoms with E-state index < -0.39 is 0 Å². The molecule has 0 unspecified atom stereocenters. The number of hydrogen-bond acceptors (Lipinski definition) is 4. The molecule has 0 aliphatic carbocycles. The summed E-state index contributed by atoms with van der Waals surface area (Å²) in [4.78, 5) is 24.0. The van der Waals surface area contributed by atoms with E-state index in [0.29, 0.717) is 29.2 Å². The third kappa shape index (κ3) is 4.10. The van der Waals surface area contributed by atoms with Gasteiger partial charge in [-0.1, -0.05) is 6.07 Å². The molecule has 0 radical (unpaired) electrons. The Labute approximate surface area is 135 Å². The van der Waals surface area contributed by atoms with Crippen LogP contribution in [0.2, 0.25) is 0 Å². The summed E-state index contributed by atoms with van der Waals surface area (Å²) >= 11 is 0. The molecule has 0 fully saturated rings. The zero-order valence-corrected chi connectivity index (χ0v) is 13.4. The monoisotopic (exact) mass is 313 g/mol. The lowest BCUT2D eigenvalue weighted by molar-refractivity contribution is 0.0526. The van der Waals surface area contributed by atoms with Gasteiger partial charge in [-0.15, -0.1) is 0 Å². The van der Waals surface area contributed by atoms with Gasteiger partial charge in [-0.3, -0.25) is 4.79 Å². The molecule has 0 aliphatic rings. The highest BCUT2D eigenvalue weighted by atomic mass is 16.5. The minimum Gasteiger partial charge on any atom is -0.497 e. The zero-order chi connectivity index (χ0) is 16.8. The van der Waals surface area contributed by atoms with Gasteiger partial charge in [0.05, 0.1) is 19.3 Å². The minimum absolute atomic E-state index is 0.240. The minimum atomic E-state index is -0.374. The van der Waals surface area contributed by atoms with E-state index in [2.05, 4.69) is 5.32 Å². The van der Waals surface area contributed by atoms with Gasteiger partial charge < -0.3 is 14.8 Å². The number of ether oxygens (including phenoxy) is 2. The van der Waals surface area contributed by atoms with Crippen LogP contribution in [-0.2, 0) is 4.74 Å². The molecule has 5 nitrogen and oxygen atoms in total. The molecule has 120 valence electrons. The molecule has 0 spiro atoms. The van der Waals surface area contributed by atoms with Crippen molar-refractivity contribution < 1.29 is 19.1 Å². The molecule has 1 N–H and O–H groups in total. The Bertz CT molecular complexity index is 725. The van der Waals surface area contributed by atoms with E-state index in [-0.39, 0.29) is 11.9 Å². The fourth-order valence-corrected chi connectivity index (χ4v) is 2.10. The summed E-state index contributed by atoms with van der Waals surface area (Å²) in [5.74, 6) is 0.00388. The molecule has 2 aromatic carbocycles. The predicted molar refractivity (Wildman–Crippen MR) is 88.1 cm³/mol. The largest absolute Gasteiger partial charge is 0.497 e. The van der Waals surface area contributed by atoms with Crippen LogP contribution in [0.3, 0.4) is 0 Å². The summed E-state index contributed by atoms with van der Waals surface area (Å²) in [5, 5.41) is 2.83. The second kappa shape index (κ2) is 7.45. The summed E-state index contributed by atoms with van der Waals surface area (Å²) in [6.07, 6.45) is 0. The Hall–Kier alpha value is -2.82. The first-order valence-corrected chi connectivity index (χ1v) is 7.28. The SMILES string of the molecule is CCOC(=O)c1ccc(NC(=O)c2cccc(OC)c2)c(C)c1. The second-order valence-electron chi connectivity index (χ2n) is 4.94. The van der Waals surface area contributed by atoms with Gasteiger partial charge in [-0.05, 0) is 55.8 Å². The van der Waals surface area contributed by atoms with Crippen LogP contribution in [-0.4, -0.2) is 25.6 Å². The fourth-order valence-electron chi connectivity index (χ4n) is 2.10. The number of aryl methyl sites for hydroxylation is 1. The first-order valence-electron chi connectivity index (χ1n) is 7.28. The Morgan fingerprint density at radius 2 is 1.87 bits per heavy atom. The number of methoxy groups -OCH3 is 1. The Morgan fingerprint density at radius 1 is 1.09 bits per heavy atom. The lowest BCUT2D eigenvalue weighted by Gasteiger charge is -2.10. The average molecular weight is 313 g/mol. The maximum Gasteiger partial charge on any atom is 0.338 e. The van der Waals surface area contributed by atoms with E-state index in [4.69, 9.17) is 9.47 Å². The number of nitrogens with one attached hydrogen (secondary N) is 1. The summed E-state index contributed by atoms with van der Waals surface area (Å²) in [7, 11) is 1.55. The summed E-state index contributed by atoms with van der Waals surface area (Å²) in [6.45, 7) is 3.91. The van der Waals surface area contributed by atoms with Gasteiger partial charge in [-0.25, -0.2) is 4.79 Å². The van der Waals surface area contributed by atoms with Crippen LogP contribution in [0.1, 0.15) is 33.2 Å². The molecule has 2 rings (SSSR count). The van der Waals surface area contributed by atoms with Crippen LogP contribution in [0.25, 0.3) is 0 Å². The van der Waals surface area contributed by atoms with E-state index in [0.717, 1.165) is 5.56 Å². The highest BCUT2D eigenvalue weighted by Crippen LogP contribution is 2.19. The zero-order valence-electron chi connectivity index (χ0n) is 13.4. The van der Waals surface area contributed by atoms with Gasteiger partial charge in [0.15, 0.2) is 0 Å². The van der Waals surface area contributed by atoms with Gasteiger partial charge in [0.2, 0.25) is 0 Å². The third-order valence-electron chi connectivity index (χ3n) is 3.32. The molecule has 0 atom stereocenters. The molecule has 0 heterocycles. The van der Waals surface area contributed by atoms with Crippen molar-refractivity contribution in [2.45, 2.75) is 13.8 Å². The van der Waals surface area contributed by atoms with E-state index in [9.17, 15) is 9.59 Å². The van der Waals surface area contributed by atoms with Crippen molar-refractivity contribution in [1.82, 2.24) is 0 Å². The first kappa shape index (κ1) is 16.5. The number of anilines is 1. The molecule has 1 amide bonds. The number of rotatable bonds is 5. The quantitative estimate of drug-likeness (QED) is 0.859. The molecule has 0 bridgehead atoms. The molecule has 2 aromatic rings. The number of esters is 1. The topological polar surface area (TPSA) is 64.6 Å². The molecule has 0 aromatic heterocycles. The summed E-state index contributed by atoms with van der Waals surface area (Å²) < 4.78 is 10.1. The molecule has 5 heteroatoms. The van der Waals surface area contributed by atoms with Crippen LogP contribution >= 0.6 is 0 Å². The van der Waals surface area contributed by atoms with Gasteiger partial charge >= 0.3 is 5.97 Å². The Kier molecular flexibility index (Phi) is 5.36. The van der Waals surface area contributed by atoms with Crippen LogP contribution in [0.4, 0.5) is 5.69 Å². The predicted octanol–water partition coefficient (Wildman–Crippen LogP) is 3.43. The van der Waals surface area contributed by atoms with Gasteiger partial charge in [0.1, 0.15) is 5.75 Å². The molecular formula is C18H19NO4. The number of amides is 1. The van der Waals surface area contributed by atoms with E-state index in [1.807, 2.05) is 6.92 Å². The van der Waals surface area contributed by atoms with Crippen LogP contribution < -0.4 is 10.1 Å². The summed E-state index contributed by atoms with van der Waals surface area (Å²) in [5.41, 5.74) is 2.39. The highest BCUT2D eigenvalue weighted by molar-refractivity contribution is 6.05. The number of benzene rings is 2.